The molecule has 0 aliphatic carbocycles. The molecule has 0 spiro atoms. The van der Waals surface area contributed by atoms with Gasteiger partial charge in [0.25, 0.3) is 0 Å². The molecule has 1 heterocycles. The molecule has 1 aliphatic heterocycles. The fraction of sp³-hybridized carbons (Fsp3) is 0.294. The number of para-hydroxylation sites is 1. The molecule has 104 valence electrons. The number of rotatable bonds is 4. The molecule has 2 aromatic carbocycles. The van der Waals surface area contributed by atoms with Gasteiger partial charge in [0, 0.05) is 12.0 Å². The maximum absolute atomic E-state index is 5.57. The second-order valence-electron chi connectivity index (χ2n) is 4.93. The maximum atomic E-state index is 5.57. The number of hydrogen-bond acceptors (Lipinski definition) is 3. The van der Waals surface area contributed by atoms with Gasteiger partial charge in [0.05, 0.1) is 19.8 Å². The Labute approximate surface area is 119 Å². The van der Waals surface area contributed by atoms with E-state index in [0.717, 1.165) is 30.1 Å². The Kier molecular flexibility index (Phi) is 3.61. The van der Waals surface area contributed by atoms with E-state index in [4.69, 9.17) is 9.47 Å². The second-order valence-corrected chi connectivity index (χ2v) is 4.93. The van der Waals surface area contributed by atoms with Crippen molar-refractivity contribution in [2.24, 2.45) is 0 Å². The van der Waals surface area contributed by atoms with Crippen molar-refractivity contribution in [1.82, 2.24) is 5.32 Å². The van der Waals surface area contributed by atoms with Gasteiger partial charge in [-0.25, -0.2) is 0 Å². The highest BCUT2D eigenvalue weighted by molar-refractivity contribution is 5.46. The van der Waals surface area contributed by atoms with E-state index in [1.54, 1.807) is 7.11 Å². The van der Waals surface area contributed by atoms with Crippen LogP contribution in [0.5, 0.6) is 11.5 Å². The first-order valence-corrected chi connectivity index (χ1v) is 6.89. The normalized spacial score (nSPS) is 14.5. The first kappa shape index (κ1) is 13.0. The Bertz CT molecular complexity index is 610. The minimum absolute atomic E-state index is 0.122. The predicted molar refractivity (Wildman–Crippen MR) is 79.5 cm³/mol. The third-order valence-electron chi connectivity index (χ3n) is 3.79. The number of methoxy groups -OCH3 is 1. The van der Waals surface area contributed by atoms with Crippen LogP contribution in [0.2, 0.25) is 0 Å². The molecule has 3 rings (SSSR count). The number of benzene rings is 2. The van der Waals surface area contributed by atoms with Crippen LogP contribution in [0.3, 0.4) is 0 Å². The summed E-state index contributed by atoms with van der Waals surface area (Å²) in [5.41, 5.74) is 3.68. The summed E-state index contributed by atoms with van der Waals surface area (Å²) in [6.07, 6.45) is 0.992. The van der Waals surface area contributed by atoms with Gasteiger partial charge in [0.15, 0.2) is 0 Å². The first-order chi connectivity index (χ1) is 9.83. The third-order valence-corrected chi connectivity index (χ3v) is 3.79. The Morgan fingerprint density at radius 2 is 2.05 bits per heavy atom. The molecule has 0 radical (unpaired) electrons. The number of hydrogen-bond donors (Lipinski definition) is 1. The van der Waals surface area contributed by atoms with Crippen molar-refractivity contribution >= 4 is 0 Å². The topological polar surface area (TPSA) is 30.5 Å². The SMILES string of the molecule is CNC(c1ccc2c(c1)CCO2)c1ccccc1OC. The van der Waals surface area contributed by atoms with Crippen molar-refractivity contribution in [1.29, 1.82) is 0 Å². The summed E-state index contributed by atoms with van der Waals surface area (Å²) in [7, 11) is 3.68. The van der Waals surface area contributed by atoms with Crippen molar-refractivity contribution in [3.63, 3.8) is 0 Å². The van der Waals surface area contributed by atoms with E-state index in [0.29, 0.717) is 0 Å². The lowest BCUT2D eigenvalue weighted by molar-refractivity contribution is 0.357. The summed E-state index contributed by atoms with van der Waals surface area (Å²) in [5, 5.41) is 3.38. The molecular formula is C17H19NO2. The highest BCUT2D eigenvalue weighted by Gasteiger charge is 2.19. The van der Waals surface area contributed by atoms with Crippen LogP contribution in [0.15, 0.2) is 42.5 Å². The van der Waals surface area contributed by atoms with Crippen LogP contribution in [0.25, 0.3) is 0 Å². The van der Waals surface area contributed by atoms with Crippen molar-refractivity contribution in [3.05, 3.63) is 59.2 Å². The maximum Gasteiger partial charge on any atom is 0.123 e. The van der Waals surface area contributed by atoms with Crippen LogP contribution in [0, 0.1) is 0 Å². The highest BCUT2D eigenvalue weighted by atomic mass is 16.5. The Morgan fingerprint density at radius 3 is 2.85 bits per heavy atom. The molecule has 0 bridgehead atoms. The van der Waals surface area contributed by atoms with Crippen LogP contribution in [-0.2, 0) is 6.42 Å². The molecule has 1 unspecified atom stereocenters. The van der Waals surface area contributed by atoms with Gasteiger partial charge < -0.3 is 14.8 Å². The fourth-order valence-electron chi connectivity index (χ4n) is 2.79. The molecular weight excluding hydrogens is 250 g/mol. The summed E-state index contributed by atoms with van der Waals surface area (Å²) in [6, 6.07) is 14.7. The van der Waals surface area contributed by atoms with Crippen molar-refractivity contribution < 1.29 is 9.47 Å². The lowest BCUT2D eigenvalue weighted by atomic mass is 9.96. The van der Waals surface area contributed by atoms with E-state index in [9.17, 15) is 0 Å². The largest absolute Gasteiger partial charge is 0.496 e. The molecule has 20 heavy (non-hydrogen) atoms. The summed E-state index contributed by atoms with van der Waals surface area (Å²) >= 11 is 0. The summed E-state index contributed by atoms with van der Waals surface area (Å²) in [4.78, 5) is 0. The number of fused-ring (bicyclic) bond motifs is 1. The second kappa shape index (κ2) is 5.55. The average Bonchev–Trinajstić information content (AvgIpc) is 2.96. The van der Waals surface area contributed by atoms with E-state index >= 15 is 0 Å². The van der Waals surface area contributed by atoms with Gasteiger partial charge in [0.2, 0.25) is 0 Å². The molecule has 3 heteroatoms. The van der Waals surface area contributed by atoms with Crippen LogP contribution >= 0.6 is 0 Å². The summed E-state index contributed by atoms with van der Waals surface area (Å²) in [5.74, 6) is 1.92. The van der Waals surface area contributed by atoms with E-state index < -0.39 is 0 Å². The van der Waals surface area contributed by atoms with Crippen LogP contribution in [-0.4, -0.2) is 20.8 Å². The van der Waals surface area contributed by atoms with Gasteiger partial charge in [-0.2, -0.15) is 0 Å². The van der Waals surface area contributed by atoms with Gasteiger partial charge in [0.1, 0.15) is 11.5 Å². The molecule has 0 aromatic heterocycles. The van der Waals surface area contributed by atoms with Gasteiger partial charge in [-0.1, -0.05) is 30.3 Å². The van der Waals surface area contributed by atoms with Crippen molar-refractivity contribution in [2.45, 2.75) is 12.5 Å². The minimum atomic E-state index is 0.122. The third kappa shape index (κ3) is 2.25. The van der Waals surface area contributed by atoms with Gasteiger partial charge in [-0.05, 0) is 30.3 Å². The fourth-order valence-corrected chi connectivity index (χ4v) is 2.79. The Balaban J connectivity index is 2.01. The Morgan fingerprint density at radius 1 is 1.20 bits per heavy atom. The van der Waals surface area contributed by atoms with Crippen molar-refractivity contribution in [3.8, 4) is 11.5 Å². The quantitative estimate of drug-likeness (QED) is 0.925. The van der Waals surface area contributed by atoms with E-state index in [1.807, 2.05) is 25.2 Å². The monoisotopic (exact) mass is 269 g/mol. The van der Waals surface area contributed by atoms with Crippen LogP contribution in [0.4, 0.5) is 0 Å². The molecule has 0 saturated carbocycles. The molecule has 1 N–H and O–H groups in total. The number of nitrogens with one attached hydrogen (secondary N) is 1. The standard InChI is InChI=1S/C17H19NO2/c1-18-17(14-5-3-4-6-16(14)19-2)13-7-8-15-12(11-13)9-10-20-15/h3-8,11,17-18H,9-10H2,1-2H3. The Hall–Kier alpha value is -2.00. The lowest BCUT2D eigenvalue weighted by Gasteiger charge is -2.20. The van der Waals surface area contributed by atoms with E-state index in [2.05, 4.69) is 29.6 Å². The van der Waals surface area contributed by atoms with Gasteiger partial charge in [-0.15, -0.1) is 0 Å². The molecule has 1 atom stereocenters. The minimum Gasteiger partial charge on any atom is -0.496 e. The zero-order chi connectivity index (χ0) is 13.9. The molecule has 2 aromatic rings. The zero-order valence-electron chi connectivity index (χ0n) is 11.8. The van der Waals surface area contributed by atoms with Crippen LogP contribution in [0.1, 0.15) is 22.7 Å². The molecule has 0 fully saturated rings. The molecule has 0 saturated heterocycles. The van der Waals surface area contributed by atoms with E-state index in [1.165, 1.54) is 11.1 Å². The zero-order valence-corrected chi connectivity index (χ0v) is 11.8. The molecule has 1 aliphatic rings. The van der Waals surface area contributed by atoms with Gasteiger partial charge in [-0.3, -0.25) is 0 Å². The lowest BCUT2D eigenvalue weighted by Crippen LogP contribution is -2.18. The summed E-state index contributed by atoms with van der Waals surface area (Å²) < 4.78 is 11.0. The first-order valence-electron chi connectivity index (χ1n) is 6.89. The van der Waals surface area contributed by atoms with Crippen molar-refractivity contribution in [2.75, 3.05) is 20.8 Å². The molecule has 0 amide bonds. The number of ether oxygens (including phenoxy) is 2. The summed E-state index contributed by atoms with van der Waals surface area (Å²) in [6.45, 7) is 0.789. The molecule has 3 nitrogen and oxygen atoms in total. The smallest absolute Gasteiger partial charge is 0.123 e. The highest BCUT2D eigenvalue weighted by Crippen LogP contribution is 2.33. The average molecular weight is 269 g/mol. The van der Waals surface area contributed by atoms with E-state index in [-0.39, 0.29) is 6.04 Å². The predicted octanol–water partition coefficient (Wildman–Crippen LogP) is 2.94. The van der Waals surface area contributed by atoms with Gasteiger partial charge >= 0.3 is 0 Å². The van der Waals surface area contributed by atoms with Crippen LogP contribution < -0.4 is 14.8 Å².